The Morgan fingerprint density at radius 3 is 2.32 bits per heavy atom. The van der Waals surface area contributed by atoms with Gasteiger partial charge in [-0.25, -0.2) is 0 Å². The minimum Gasteiger partial charge on any atom is -0.492 e. The molecule has 3 aliphatic rings. The van der Waals surface area contributed by atoms with Crippen LogP contribution in [-0.4, -0.2) is 54.5 Å². The van der Waals surface area contributed by atoms with Crippen molar-refractivity contribution in [2.24, 2.45) is 17.6 Å². The first-order chi connectivity index (χ1) is 13.1. The lowest BCUT2D eigenvalue weighted by molar-refractivity contribution is -0.142. The molecule has 3 amide bonds. The van der Waals surface area contributed by atoms with E-state index in [1.54, 1.807) is 24.3 Å². The van der Waals surface area contributed by atoms with E-state index in [2.05, 4.69) is 5.32 Å². The molecule has 4 unspecified atom stereocenters. The molecule has 9 heteroatoms. The zero-order valence-electron chi connectivity index (χ0n) is 15.3. The Morgan fingerprint density at radius 1 is 1.14 bits per heavy atom. The third-order valence-electron chi connectivity index (χ3n) is 5.46. The van der Waals surface area contributed by atoms with Gasteiger partial charge in [0.05, 0.1) is 24.0 Å². The van der Waals surface area contributed by atoms with Crippen molar-refractivity contribution in [1.29, 1.82) is 0 Å². The van der Waals surface area contributed by atoms with Crippen LogP contribution in [0, 0.1) is 11.8 Å². The molecule has 0 aromatic heterocycles. The van der Waals surface area contributed by atoms with Gasteiger partial charge in [0, 0.05) is 25.2 Å². The van der Waals surface area contributed by atoms with Gasteiger partial charge in [0.1, 0.15) is 12.4 Å². The van der Waals surface area contributed by atoms with Crippen LogP contribution in [-0.2, 0) is 19.1 Å². The van der Waals surface area contributed by atoms with Crippen molar-refractivity contribution in [2.75, 3.05) is 25.0 Å². The first-order valence-electron chi connectivity index (χ1n) is 9.32. The predicted octanol–water partition coefficient (Wildman–Crippen LogP) is 0.937. The Morgan fingerprint density at radius 2 is 1.75 bits per heavy atom. The van der Waals surface area contributed by atoms with Gasteiger partial charge in [0.25, 0.3) is 0 Å². The highest BCUT2D eigenvalue weighted by atomic mass is 35.5. The van der Waals surface area contributed by atoms with Crippen LogP contribution < -0.4 is 15.8 Å². The summed E-state index contributed by atoms with van der Waals surface area (Å²) in [6, 6.07) is 6.95. The third kappa shape index (κ3) is 3.72. The number of nitrogens with one attached hydrogen (secondary N) is 1. The second kappa shape index (κ2) is 8.46. The predicted molar refractivity (Wildman–Crippen MR) is 103 cm³/mol. The number of benzene rings is 1. The number of halogens is 1. The first kappa shape index (κ1) is 20.6. The minimum atomic E-state index is -0.347. The topological polar surface area (TPSA) is 111 Å². The average molecular weight is 410 g/mol. The Hall–Kier alpha value is -2.16. The van der Waals surface area contributed by atoms with Crippen molar-refractivity contribution in [3.63, 3.8) is 0 Å². The highest BCUT2D eigenvalue weighted by Crippen LogP contribution is 2.48. The summed E-state index contributed by atoms with van der Waals surface area (Å²) in [5.74, 6) is -0.642. The number of ether oxygens (including phenoxy) is 2. The molecule has 3 N–H and O–H groups in total. The number of hydrogen-bond donors (Lipinski definition) is 2. The van der Waals surface area contributed by atoms with E-state index in [1.807, 2.05) is 0 Å². The summed E-state index contributed by atoms with van der Waals surface area (Å²) in [5.41, 5.74) is 6.01. The molecule has 28 heavy (non-hydrogen) atoms. The maximum atomic E-state index is 12.6. The fourth-order valence-corrected chi connectivity index (χ4v) is 4.24. The van der Waals surface area contributed by atoms with E-state index in [1.165, 1.54) is 4.90 Å². The second-order valence-corrected chi connectivity index (χ2v) is 7.13. The molecule has 3 heterocycles. The van der Waals surface area contributed by atoms with Gasteiger partial charge in [-0.05, 0) is 37.1 Å². The normalized spacial score (nSPS) is 27.5. The summed E-state index contributed by atoms with van der Waals surface area (Å²) in [6.07, 6.45) is 1.48. The van der Waals surface area contributed by atoms with Crippen molar-refractivity contribution in [3.8, 4) is 5.75 Å². The lowest BCUT2D eigenvalue weighted by Gasteiger charge is -2.17. The van der Waals surface area contributed by atoms with Crippen molar-refractivity contribution < 1.29 is 23.9 Å². The number of anilines is 1. The van der Waals surface area contributed by atoms with Crippen LogP contribution in [0.1, 0.15) is 19.3 Å². The van der Waals surface area contributed by atoms with Crippen molar-refractivity contribution in [1.82, 2.24) is 4.90 Å². The van der Waals surface area contributed by atoms with Gasteiger partial charge in [-0.3, -0.25) is 19.3 Å². The highest BCUT2D eigenvalue weighted by Gasteiger charge is 2.62. The molecule has 3 fully saturated rings. The third-order valence-corrected chi connectivity index (χ3v) is 5.46. The molecule has 0 aliphatic carbocycles. The number of carbonyl (C=O) groups excluding carboxylic acids is 3. The van der Waals surface area contributed by atoms with Gasteiger partial charge >= 0.3 is 0 Å². The van der Waals surface area contributed by atoms with Crippen molar-refractivity contribution in [2.45, 2.75) is 31.5 Å². The highest BCUT2D eigenvalue weighted by molar-refractivity contribution is 6.06. The van der Waals surface area contributed by atoms with E-state index in [0.717, 1.165) is 12.8 Å². The number of amides is 3. The number of imide groups is 1. The maximum absolute atomic E-state index is 12.6. The zero-order valence-corrected chi connectivity index (χ0v) is 16.2. The second-order valence-electron chi connectivity index (χ2n) is 7.13. The quantitative estimate of drug-likeness (QED) is 0.648. The van der Waals surface area contributed by atoms with Gasteiger partial charge in [-0.2, -0.15) is 0 Å². The van der Waals surface area contributed by atoms with Gasteiger partial charge in [0.2, 0.25) is 17.7 Å². The SMILES string of the molecule is Cl.NCCOc1ccc(NC(=O)CCN2C(=O)C3C4CCC(O4)C3C2=O)cc1. The van der Waals surface area contributed by atoms with E-state index >= 15 is 0 Å². The standard InChI is InChI=1S/C19H23N3O5.ClH/c20-8-10-26-12-3-1-11(2-4-12)21-15(23)7-9-22-18(24)16-13-5-6-14(27-13)17(16)19(22)25;/h1-4,13-14,16-17H,5-10,20H2,(H,21,23);1H. The summed E-state index contributed by atoms with van der Waals surface area (Å²) < 4.78 is 11.1. The lowest BCUT2D eigenvalue weighted by atomic mass is 9.81. The number of rotatable bonds is 7. The molecule has 4 atom stereocenters. The van der Waals surface area contributed by atoms with Gasteiger partial charge in [-0.15, -0.1) is 12.4 Å². The molecule has 1 aromatic rings. The monoisotopic (exact) mass is 409 g/mol. The Labute approximate surface area is 169 Å². The average Bonchev–Trinajstić information content (AvgIpc) is 3.34. The van der Waals surface area contributed by atoms with Crippen LogP contribution in [0.5, 0.6) is 5.75 Å². The fourth-order valence-electron chi connectivity index (χ4n) is 4.24. The van der Waals surface area contributed by atoms with Crippen LogP contribution in [0.25, 0.3) is 0 Å². The van der Waals surface area contributed by atoms with E-state index in [0.29, 0.717) is 24.6 Å². The van der Waals surface area contributed by atoms with E-state index in [-0.39, 0.29) is 67.1 Å². The fraction of sp³-hybridized carbons (Fsp3) is 0.526. The molecule has 0 spiro atoms. The summed E-state index contributed by atoms with van der Waals surface area (Å²) in [7, 11) is 0. The van der Waals surface area contributed by atoms with Crippen LogP contribution >= 0.6 is 12.4 Å². The summed E-state index contributed by atoms with van der Waals surface area (Å²) in [5, 5.41) is 2.77. The first-order valence-corrected chi connectivity index (χ1v) is 9.32. The van der Waals surface area contributed by atoms with Crippen LogP contribution in [0.15, 0.2) is 24.3 Å². The van der Waals surface area contributed by atoms with Crippen molar-refractivity contribution >= 4 is 35.8 Å². The molecule has 1 aromatic carbocycles. The van der Waals surface area contributed by atoms with Crippen LogP contribution in [0.4, 0.5) is 5.69 Å². The van der Waals surface area contributed by atoms with Gasteiger partial charge in [0.15, 0.2) is 0 Å². The number of nitrogens with zero attached hydrogens (tertiary/aromatic N) is 1. The zero-order chi connectivity index (χ0) is 19.0. The van der Waals surface area contributed by atoms with Gasteiger partial charge in [-0.1, -0.05) is 0 Å². The van der Waals surface area contributed by atoms with Crippen molar-refractivity contribution in [3.05, 3.63) is 24.3 Å². The van der Waals surface area contributed by atoms with Crippen LogP contribution in [0.3, 0.4) is 0 Å². The number of nitrogens with two attached hydrogens (primary N) is 1. The van der Waals surface area contributed by atoms with Gasteiger partial charge < -0.3 is 20.5 Å². The summed E-state index contributed by atoms with van der Waals surface area (Å²) >= 11 is 0. The van der Waals surface area contributed by atoms with Crippen LogP contribution in [0.2, 0.25) is 0 Å². The molecule has 8 nitrogen and oxygen atoms in total. The molecule has 3 aliphatic heterocycles. The number of carbonyl (C=O) groups is 3. The Bertz CT molecular complexity index is 728. The summed E-state index contributed by atoms with van der Waals surface area (Å²) in [6.45, 7) is 0.966. The lowest BCUT2D eigenvalue weighted by Crippen LogP contribution is -2.36. The molecule has 4 rings (SSSR count). The molecule has 2 bridgehead atoms. The van der Waals surface area contributed by atoms with E-state index in [4.69, 9.17) is 15.2 Å². The molecule has 0 radical (unpaired) electrons. The number of fused-ring (bicyclic) bond motifs is 5. The molecular formula is C19H24ClN3O5. The Balaban J connectivity index is 0.00000225. The summed E-state index contributed by atoms with van der Waals surface area (Å²) in [4.78, 5) is 38.5. The number of likely N-dealkylation sites (tertiary alicyclic amines) is 1. The minimum absolute atomic E-state index is 0. The largest absolute Gasteiger partial charge is 0.492 e. The van der Waals surface area contributed by atoms with E-state index in [9.17, 15) is 14.4 Å². The van der Waals surface area contributed by atoms with E-state index < -0.39 is 0 Å². The smallest absolute Gasteiger partial charge is 0.235 e. The maximum Gasteiger partial charge on any atom is 0.235 e. The molecular weight excluding hydrogens is 386 g/mol. The molecule has 152 valence electrons. The molecule has 3 saturated heterocycles. The Kier molecular flexibility index (Phi) is 6.22. The number of hydrogen-bond acceptors (Lipinski definition) is 6. The molecule has 0 saturated carbocycles.